The third-order valence-corrected chi connectivity index (χ3v) is 5.81. The Morgan fingerprint density at radius 1 is 1.22 bits per heavy atom. The van der Waals surface area contributed by atoms with E-state index in [1.165, 1.54) is 6.26 Å². The zero-order chi connectivity index (χ0) is 23.1. The number of aromatic nitrogens is 1. The van der Waals surface area contributed by atoms with Gasteiger partial charge in [0.25, 0.3) is 5.91 Å². The second kappa shape index (κ2) is 11.4. The van der Waals surface area contributed by atoms with Crippen molar-refractivity contribution in [3.05, 3.63) is 42.1 Å². The van der Waals surface area contributed by atoms with Crippen molar-refractivity contribution in [2.24, 2.45) is 0 Å². The summed E-state index contributed by atoms with van der Waals surface area (Å²) in [6, 6.07) is 7.53. The molecule has 1 aromatic heterocycles. The van der Waals surface area contributed by atoms with Crippen LogP contribution in [-0.4, -0.2) is 96.3 Å². The summed E-state index contributed by atoms with van der Waals surface area (Å²) >= 11 is 0. The molecule has 2 heterocycles. The maximum absolute atomic E-state index is 12.4. The third-order valence-electron chi connectivity index (χ3n) is 5.81. The highest BCUT2D eigenvalue weighted by Gasteiger charge is 2.22. The number of nitrogens with zero attached hydrogens (tertiary/aromatic N) is 4. The van der Waals surface area contributed by atoms with Crippen LogP contribution in [0.5, 0.6) is 5.75 Å². The number of amides is 1. The largest absolute Gasteiger partial charge is 0.497 e. The van der Waals surface area contributed by atoms with Crippen molar-refractivity contribution in [3.63, 3.8) is 0 Å². The van der Waals surface area contributed by atoms with Crippen molar-refractivity contribution >= 4 is 11.6 Å². The van der Waals surface area contributed by atoms with Gasteiger partial charge in [-0.2, -0.15) is 0 Å². The van der Waals surface area contributed by atoms with Crippen molar-refractivity contribution in [1.82, 2.24) is 19.7 Å². The highest BCUT2D eigenvalue weighted by molar-refractivity contribution is 6.02. The lowest BCUT2D eigenvalue weighted by molar-refractivity contribution is 0.0469. The van der Waals surface area contributed by atoms with Crippen LogP contribution in [0.3, 0.4) is 0 Å². The number of piperazine rings is 1. The van der Waals surface area contributed by atoms with Gasteiger partial charge in [-0.15, -0.1) is 0 Å². The Hall–Kier alpha value is -2.46. The van der Waals surface area contributed by atoms with Gasteiger partial charge in [0.1, 0.15) is 12.0 Å². The molecular weight excluding hydrogens is 410 g/mol. The molecule has 2 aromatic rings. The molecule has 0 radical (unpaired) electrons. The van der Waals surface area contributed by atoms with E-state index in [0.717, 1.165) is 31.9 Å². The normalized spacial score (nSPS) is 16.5. The van der Waals surface area contributed by atoms with Crippen LogP contribution in [0.15, 0.2) is 34.9 Å². The summed E-state index contributed by atoms with van der Waals surface area (Å²) in [4.78, 5) is 23.5. The van der Waals surface area contributed by atoms with Crippen LogP contribution >= 0.6 is 0 Å². The smallest absolute Gasteiger partial charge is 0.277 e. The lowest BCUT2D eigenvalue weighted by atomic mass is 10.2. The van der Waals surface area contributed by atoms with Gasteiger partial charge in [0.2, 0.25) is 5.89 Å². The minimum atomic E-state index is -0.354. The number of β-amino-alcohol motifs (C(OH)–C–C–N with tert-alkyl or cyclic N) is 1. The summed E-state index contributed by atoms with van der Waals surface area (Å²) in [6.45, 7) is 9.66. The number of ether oxygens (including phenoxy) is 1. The topological polar surface area (TPSA) is 94.3 Å². The molecule has 0 spiro atoms. The highest BCUT2D eigenvalue weighted by atomic mass is 16.5. The average Bonchev–Trinajstić information content (AvgIpc) is 3.24. The average molecular weight is 446 g/mol. The number of likely N-dealkylation sites (N-methyl/N-ethyl adjacent to an activating group) is 1. The molecule has 3 rings (SSSR count). The monoisotopic (exact) mass is 445 g/mol. The fraction of sp³-hybridized carbons (Fsp3) is 0.565. The Labute approximate surface area is 190 Å². The molecule has 0 unspecified atom stereocenters. The maximum atomic E-state index is 12.4. The molecule has 0 aliphatic carbocycles. The first-order chi connectivity index (χ1) is 15.3. The van der Waals surface area contributed by atoms with E-state index in [1.54, 1.807) is 31.4 Å². The van der Waals surface area contributed by atoms with E-state index in [9.17, 15) is 9.90 Å². The summed E-state index contributed by atoms with van der Waals surface area (Å²) in [5.41, 5.74) is 0.921. The molecule has 1 aromatic carbocycles. The molecule has 0 saturated carbocycles. The fourth-order valence-corrected chi connectivity index (χ4v) is 3.58. The number of aliphatic hydroxyl groups is 1. The summed E-state index contributed by atoms with van der Waals surface area (Å²) in [6.07, 6.45) is 1.04. The third kappa shape index (κ3) is 7.03. The molecule has 1 aliphatic heterocycles. The molecule has 1 amide bonds. The molecule has 1 saturated heterocycles. The van der Waals surface area contributed by atoms with Crippen LogP contribution in [0.25, 0.3) is 0 Å². The van der Waals surface area contributed by atoms with Crippen LogP contribution in [0, 0.1) is 0 Å². The number of anilines is 1. The van der Waals surface area contributed by atoms with Crippen molar-refractivity contribution in [2.45, 2.75) is 32.5 Å². The summed E-state index contributed by atoms with van der Waals surface area (Å²) in [5, 5.41) is 13.1. The van der Waals surface area contributed by atoms with Gasteiger partial charge in [-0.25, -0.2) is 4.98 Å². The predicted octanol–water partition coefficient (Wildman–Crippen LogP) is 1.75. The van der Waals surface area contributed by atoms with Crippen LogP contribution in [0.1, 0.15) is 30.2 Å². The molecule has 9 heteroatoms. The van der Waals surface area contributed by atoms with E-state index in [4.69, 9.17) is 9.15 Å². The molecule has 0 bridgehead atoms. The second-order valence-electron chi connectivity index (χ2n) is 8.57. The number of hydrogen-bond acceptors (Lipinski definition) is 8. The van der Waals surface area contributed by atoms with Gasteiger partial charge >= 0.3 is 0 Å². The number of nitrogens with one attached hydrogen (secondary N) is 1. The van der Waals surface area contributed by atoms with Crippen molar-refractivity contribution in [3.8, 4) is 5.75 Å². The summed E-state index contributed by atoms with van der Waals surface area (Å²) in [5.74, 6) is 0.941. The first-order valence-corrected chi connectivity index (χ1v) is 11.1. The quantitative estimate of drug-likeness (QED) is 0.571. The summed E-state index contributed by atoms with van der Waals surface area (Å²) < 4.78 is 10.6. The van der Waals surface area contributed by atoms with Crippen LogP contribution in [0.2, 0.25) is 0 Å². The standard InChI is InChI=1S/C23H35N5O4/c1-17(2)26(3)13-19(29)14-27-9-11-28(12-10-27)15-22-25-21(16-32-22)23(30)24-18-5-7-20(31-4)8-6-18/h5-8,16-17,19,29H,9-15H2,1-4H3,(H,24,30)/t19-/m0/s1. The van der Waals surface area contributed by atoms with Gasteiger partial charge in [-0.3, -0.25) is 14.6 Å². The zero-order valence-electron chi connectivity index (χ0n) is 19.5. The predicted molar refractivity (Wildman–Crippen MR) is 123 cm³/mol. The van der Waals surface area contributed by atoms with Gasteiger partial charge < -0.3 is 24.5 Å². The molecule has 32 heavy (non-hydrogen) atoms. The lowest BCUT2D eigenvalue weighted by Crippen LogP contribution is -2.49. The summed E-state index contributed by atoms with van der Waals surface area (Å²) in [7, 11) is 3.63. The van der Waals surface area contributed by atoms with E-state index < -0.39 is 0 Å². The Bertz CT molecular complexity index is 846. The molecule has 1 atom stereocenters. The van der Waals surface area contributed by atoms with Gasteiger partial charge in [-0.1, -0.05) is 0 Å². The zero-order valence-corrected chi connectivity index (χ0v) is 19.5. The SMILES string of the molecule is COc1ccc(NC(=O)c2coc(CN3CCN(C[C@@H](O)CN(C)C(C)C)CC3)n2)cc1. The van der Waals surface area contributed by atoms with E-state index in [-0.39, 0.29) is 17.7 Å². The van der Waals surface area contributed by atoms with E-state index in [2.05, 4.69) is 38.8 Å². The van der Waals surface area contributed by atoms with Crippen molar-refractivity contribution in [2.75, 3.05) is 58.7 Å². The van der Waals surface area contributed by atoms with Gasteiger partial charge in [0.15, 0.2) is 5.69 Å². The number of oxazole rings is 1. The van der Waals surface area contributed by atoms with Gasteiger partial charge in [-0.05, 0) is 45.2 Å². The van der Waals surface area contributed by atoms with Crippen molar-refractivity contribution < 1.29 is 19.1 Å². The van der Waals surface area contributed by atoms with E-state index in [1.807, 2.05) is 7.05 Å². The number of hydrogen-bond donors (Lipinski definition) is 2. The Kier molecular flexibility index (Phi) is 8.63. The fourth-order valence-electron chi connectivity index (χ4n) is 3.58. The number of carbonyl (C=O) groups is 1. The lowest BCUT2D eigenvalue weighted by Gasteiger charge is -2.35. The Morgan fingerprint density at radius 2 is 1.88 bits per heavy atom. The number of methoxy groups -OCH3 is 1. The number of rotatable bonds is 10. The first-order valence-electron chi connectivity index (χ1n) is 11.1. The number of benzene rings is 1. The highest BCUT2D eigenvalue weighted by Crippen LogP contribution is 2.16. The van der Waals surface area contributed by atoms with Crippen LogP contribution < -0.4 is 10.1 Å². The molecule has 176 valence electrons. The number of aliphatic hydroxyl groups excluding tert-OH is 1. The molecular formula is C23H35N5O4. The molecule has 9 nitrogen and oxygen atoms in total. The van der Waals surface area contributed by atoms with Crippen molar-refractivity contribution in [1.29, 1.82) is 0 Å². The van der Waals surface area contributed by atoms with E-state index in [0.29, 0.717) is 37.3 Å². The number of carbonyl (C=O) groups excluding carboxylic acids is 1. The Balaban J connectivity index is 1.42. The first kappa shape index (κ1) is 24.2. The maximum Gasteiger partial charge on any atom is 0.277 e. The molecule has 1 fully saturated rings. The molecule has 1 aliphatic rings. The van der Waals surface area contributed by atoms with Gasteiger partial charge in [0.05, 0.1) is 19.8 Å². The van der Waals surface area contributed by atoms with E-state index >= 15 is 0 Å². The minimum absolute atomic E-state index is 0.256. The minimum Gasteiger partial charge on any atom is -0.497 e. The van der Waals surface area contributed by atoms with Gasteiger partial charge in [0, 0.05) is 51.0 Å². The van der Waals surface area contributed by atoms with Crippen LogP contribution in [-0.2, 0) is 6.54 Å². The van der Waals surface area contributed by atoms with Crippen LogP contribution in [0.4, 0.5) is 5.69 Å². The molecule has 2 N–H and O–H groups in total. The second-order valence-corrected chi connectivity index (χ2v) is 8.57. The Morgan fingerprint density at radius 3 is 2.50 bits per heavy atom.